The van der Waals surface area contributed by atoms with Crippen LogP contribution >= 0.6 is 7.14 Å². The second-order valence-electron chi connectivity index (χ2n) is 3.54. The van der Waals surface area contributed by atoms with E-state index in [1.807, 2.05) is 30.3 Å². The first-order valence-corrected chi connectivity index (χ1v) is 6.84. The Kier molecular flexibility index (Phi) is 2.52. The van der Waals surface area contributed by atoms with Crippen LogP contribution in [0.15, 0.2) is 30.3 Å². The van der Waals surface area contributed by atoms with Crippen LogP contribution in [0.5, 0.6) is 0 Å². The topological polar surface area (TPSA) is 33.7 Å². The molecule has 1 saturated heterocycles. The Morgan fingerprint density at radius 3 is 2.31 bits per heavy atom. The molecule has 2 nitrogen and oxygen atoms in total. The molecule has 0 atom stereocenters. The fraction of sp³-hybridized carbons (Fsp3) is 0.400. The van der Waals surface area contributed by atoms with Crippen molar-refractivity contribution in [2.24, 2.45) is 0 Å². The van der Waals surface area contributed by atoms with Crippen molar-refractivity contribution in [3.63, 3.8) is 0 Å². The lowest BCUT2D eigenvalue weighted by molar-refractivity contribution is -0.649. The zero-order valence-corrected chi connectivity index (χ0v) is 8.54. The van der Waals surface area contributed by atoms with E-state index in [4.69, 9.17) is 0 Å². The van der Waals surface area contributed by atoms with Crippen LogP contribution in [0.4, 0.5) is 0 Å². The second-order valence-corrected chi connectivity index (χ2v) is 6.73. The first kappa shape index (κ1) is 8.98. The number of hydrogen-bond donors (Lipinski definition) is 1. The number of benzene rings is 1. The van der Waals surface area contributed by atoms with E-state index < -0.39 is 7.14 Å². The average Bonchev–Trinajstić information content (AvgIpc) is 2.20. The molecule has 0 aromatic heterocycles. The van der Waals surface area contributed by atoms with Gasteiger partial charge in [-0.25, -0.2) is 0 Å². The summed E-state index contributed by atoms with van der Waals surface area (Å²) in [6.45, 7) is 2.04. The molecule has 0 amide bonds. The van der Waals surface area contributed by atoms with Crippen LogP contribution in [0.25, 0.3) is 0 Å². The Bertz CT molecular complexity index is 313. The lowest BCUT2D eigenvalue weighted by atomic mass is 10.4. The summed E-state index contributed by atoms with van der Waals surface area (Å²) < 4.78 is 12.4. The molecule has 1 heterocycles. The molecule has 1 aliphatic heterocycles. The smallest absolute Gasteiger partial charge is 0.126 e. The fourth-order valence-electron chi connectivity index (χ4n) is 1.81. The molecule has 0 radical (unpaired) electrons. The average molecular weight is 196 g/mol. The summed E-state index contributed by atoms with van der Waals surface area (Å²) >= 11 is 0. The zero-order chi connectivity index (χ0) is 9.15. The molecular weight excluding hydrogens is 181 g/mol. The molecule has 1 aliphatic rings. The Labute approximate surface area is 78.7 Å². The molecule has 1 aromatic rings. The number of nitrogens with two attached hydrogens (primary N) is 1. The predicted octanol–water partition coefficient (Wildman–Crippen LogP) is 0.252. The van der Waals surface area contributed by atoms with Gasteiger partial charge in [-0.2, -0.15) is 0 Å². The Morgan fingerprint density at radius 1 is 1.08 bits per heavy atom. The first-order valence-electron chi connectivity index (χ1n) is 4.77. The number of rotatable bonds is 1. The van der Waals surface area contributed by atoms with Gasteiger partial charge in [0.2, 0.25) is 0 Å². The van der Waals surface area contributed by atoms with Crippen LogP contribution < -0.4 is 10.6 Å². The maximum absolute atomic E-state index is 12.4. The SMILES string of the molecule is O=P1(c2ccccc2)CC[NH2+]CC1. The summed E-state index contributed by atoms with van der Waals surface area (Å²) in [6.07, 6.45) is 1.74. The molecule has 1 aromatic carbocycles. The summed E-state index contributed by atoms with van der Waals surface area (Å²) in [5, 5.41) is 3.32. The summed E-state index contributed by atoms with van der Waals surface area (Å²) in [5.74, 6) is 0. The van der Waals surface area contributed by atoms with E-state index in [2.05, 4.69) is 5.32 Å². The van der Waals surface area contributed by atoms with E-state index in [9.17, 15) is 4.57 Å². The lowest BCUT2D eigenvalue weighted by Crippen LogP contribution is -2.87. The van der Waals surface area contributed by atoms with Crippen LogP contribution in [-0.2, 0) is 4.57 Å². The highest BCUT2D eigenvalue weighted by Gasteiger charge is 2.28. The normalized spacial score (nSPS) is 21.2. The molecule has 2 N–H and O–H groups in total. The largest absolute Gasteiger partial charge is 0.345 e. The highest BCUT2D eigenvalue weighted by molar-refractivity contribution is 7.71. The van der Waals surface area contributed by atoms with Crippen molar-refractivity contribution in [2.45, 2.75) is 0 Å². The quantitative estimate of drug-likeness (QED) is 0.642. The maximum Gasteiger partial charge on any atom is 0.126 e. The van der Waals surface area contributed by atoms with Crippen molar-refractivity contribution in [1.82, 2.24) is 0 Å². The second kappa shape index (κ2) is 3.65. The van der Waals surface area contributed by atoms with Crippen molar-refractivity contribution in [3.05, 3.63) is 30.3 Å². The minimum absolute atomic E-state index is 0.872. The van der Waals surface area contributed by atoms with Crippen LogP contribution in [0, 0.1) is 0 Å². The predicted molar refractivity (Wildman–Crippen MR) is 55.1 cm³/mol. The first-order chi connectivity index (χ1) is 6.31. The third-order valence-electron chi connectivity index (χ3n) is 2.62. The zero-order valence-electron chi connectivity index (χ0n) is 7.65. The van der Waals surface area contributed by atoms with Gasteiger partial charge in [0, 0.05) is 5.30 Å². The van der Waals surface area contributed by atoms with Crippen molar-refractivity contribution in [2.75, 3.05) is 25.4 Å². The molecular formula is C10H15NOP+. The van der Waals surface area contributed by atoms with Gasteiger partial charge in [-0.1, -0.05) is 30.3 Å². The van der Waals surface area contributed by atoms with Gasteiger partial charge in [0.05, 0.1) is 25.4 Å². The molecule has 0 aliphatic carbocycles. The van der Waals surface area contributed by atoms with Crippen LogP contribution in [0.1, 0.15) is 0 Å². The van der Waals surface area contributed by atoms with Gasteiger partial charge in [0.25, 0.3) is 0 Å². The lowest BCUT2D eigenvalue weighted by Gasteiger charge is -2.21. The Hall–Kier alpha value is -0.590. The van der Waals surface area contributed by atoms with Crippen molar-refractivity contribution >= 4 is 12.4 Å². The van der Waals surface area contributed by atoms with Crippen LogP contribution in [0.2, 0.25) is 0 Å². The van der Waals surface area contributed by atoms with Gasteiger partial charge in [0.15, 0.2) is 0 Å². The molecule has 0 spiro atoms. The molecule has 13 heavy (non-hydrogen) atoms. The standard InChI is InChI=1S/C10H14NOP/c12-13(8-6-11-7-9-13)10-4-2-1-3-5-10/h1-5,11H,6-9H2/p+1. The summed E-state index contributed by atoms with van der Waals surface area (Å²) in [7, 11) is -2.00. The van der Waals surface area contributed by atoms with Crippen molar-refractivity contribution < 1.29 is 9.88 Å². The Morgan fingerprint density at radius 2 is 1.69 bits per heavy atom. The monoisotopic (exact) mass is 196 g/mol. The van der Waals surface area contributed by atoms with Gasteiger partial charge >= 0.3 is 0 Å². The highest BCUT2D eigenvalue weighted by atomic mass is 31.2. The molecule has 0 unspecified atom stereocenters. The van der Waals surface area contributed by atoms with E-state index in [0.717, 1.165) is 30.7 Å². The van der Waals surface area contributed by atoms with Gasteiger partial charge in [-0.05, 0) is 0 Å². The molecule has 70 valence electrons. The van der Waals surface area contributed by atoms with E-state index >= 15 is 0 Å². The van der Waals surface area contributed by atoms with Crippen LogP contribution in [0.3, 0.4) is 0 Å². The number of hydrogen-bond acceptors (Lipinski definition) is 1. The molecule has 3 heteroatoms. The fourth-order valence-corrected chi connectivity index (χ4v) is 4.47. The molecule has 1 fully saturated rings. The molecule has 0 saturated carbocycles. The van der Waals surface area contributed by atoms with E-state index in [0.29, 0.717) is 0 Å². The number of quaternary nitrogens is 1. The maximum atomic E-state index is 12.4. The summed E-state index contributed by atoms with van der Waals surface area (Å²) in [5.41, 5.74) is 0. The van der Waals surface area contributed by atoms with Gasteiger partial charge in [0.1, 0.15) is 7.14 Å². The van der Waals surface area contributed by atoms with Gasteiger partial charge < -0.3 is 9.88 Å². The van der Waals surface area contributed by atoms with Crippen molar-refractivity contribution in [1.29, 1.82) is 0 Å². The summed E-state index contributed by atoms with van der Waals surface area (Å²) in [4.78, 5) is 0. The third-order valence-corrected chi connectivity index (χ3v) is 5.82. The van der Waals surface area contributed by atoms with E-state index in [-0.39, 0.29) is 0 Å². The van der Waals surface area contributed by atoms with Gasteiger partial charge in [-0.15, -0.1) is 0 Å². The van der Waals surface area contributed by atoms with E-state index in [1.165, 1.54) is 0 Å². The van der Waals surface area contributed by atoms with Gasteiger partial charge in [-0.3, -0.25) is 0 Å². The Balaban J connectivity index is 2.29. The minimum atomic E-state index is -2.00. The minimum Gasteiger partial charge on any atom is -0.345 e. The molecule has 2 rings (SSSR count). The summed E-state index contributed by atoms with van der Waals surface area (Å²) in [6, 6.07) is 9.95. The van der Waals surface area contributed by atoms with Crippen LogP contribution in [-0.4, -0.2) is 25.4 Å². The van der Waals surface area contributed by atoms with Crippen molar-refractivity contribution in [3.8, 4) is 0 Å². The van der Waals surface area contributed by atoms with E-state index in [1.54, 1.807) is 0 Å². The molecule has 0 bridgehead atoms. The third kappa shape index (κ3) is 1.84. The highest BCUT2D eigenvalue weighted by Crippen LogP contribution is 2.43.